The molecule has 18 heavy (non-hydrogen) atoms. The normalized spacial score (nSPS) is 12.6. The molecule has 0 aliphatic heterocycles. The summed E-state index contributed by atoms with van der Waals surface area (Å²) in [6.07, 6.45) is 2.27. The number of hydrazine groups is 1. The Bertz CT molecular complexity index is 510. The van der Waals surface area contributed by atoms with E-state index in [4.69, 9.17) is 5.84 Å². The van der Waals surface area contributed by atoms with Crippen LogP contribution in [0, 0.1) is 0 Å². The first-order valence-corrected chi connectivity index (χ1v) is 7.70. The first kappa shape index (κ1) is 13.7. The lowest BCUT2D eigenvalue weighted by Crippen LogP contribution is -2.28. The van der Waals surface area contributed by atoms with E-state index in [-0.39, 0.29) is 6.04 Å². The molecule has 2 nitrogen and oxygen atoms in total. The number of aryl methyl sites for hydroxylation is 1. The minimum Gasteiger partial charge on any atom is -0.271 e. The van der Waals surface area contributed by atoms with Crippen LogP contribution in [-0.2, 0) is 6.42 Å². The van der Waals surface area contributed by atoms with Crippen LogP contribution in [0.3, 0.4) is 0 Å². The van der Waals surface area contributed by atoms with Crippen molar-refractivity contribution in [1.82, 2.24) is 5.43 Å². The van der Waals surface area contributed by atoms with Gasteiger partial charge in [-0.05, 0) is 50.5 Å². The molecule has 1 unspecified atom stereocenters. The molecule has 4 heteroatoms. The van der Waals surface area contributed by atoms with E-state index in [2.05, 4.69) is 64.0 Å². The number of benzene rings is 1. The van der Waals surface area contributed by atoms with E-state index >= 15 is 0 Å². The second-order valence-electron chi connectivity index (χ2n) is 4.28. The summed E-state index contributed by atoms with van der Waals surface area (Å²) in [6, 6.07) is 10.8. The van der Waals surface area contributed by atoms with Gasteiger partial charge < -0.3 is 0 Å². The lowest BCUT2D eigenvalue weighted by Gasteiger charge is -2.16. The van der Waals surface area contributed by atoms with Gasteiger partial charge in [-0.15, -0.1) is 11.3 Å². The van der Waals surface area contributed by atoms with E-state index in [0.29, 0.717) is 0 Å². The molecule has 1 atom stereocenters. The van der Waals surface area contributed by atoms with Gasteiger partial charge in [-0.3, -0.25) is 5.84 Å². The average Bonchev–Trinajstić information content (AvgIpc) is 2.78. The molecule has 0 spiro atoms. The van der Waals surface area contributed by atoms with Crippen molar-refractivity contribution >= 4 is 27.3 Å². The summed E-state index contributed by atoms with van der Waals surface area (Å²) in [6.45, 7) is 2.20. The Kier molecular flexibility index (Phi) is 4.95. The highest BCUT2D eigenvalue weighted by atomic mass is 79.9. The fourth-order valence-corrected chi connectivity index (χ4v) is 3.28. The Morgan fingerprint density at radius 3 is 2.78 bits per heavy atom. The summed E-state index contributed by atoms with van der Waals surface area (Å²) < 4.78 is 1.13. The quantitative estimate of drug-likeness (QED) is 0.644. The van der Waals surface area contributed by atoms with Crippen molar-refractivity contribution in [2.45, 2.75) is 25.8 Å². The Balaban J connectivity index is 2.29. The van der Waals surface area contributed by atoms with Crippen LogP contribution < -0.4 is 11.3 Å². The van der Waals surface area contributed by atoms with Gasteiger partial charge in [0.1, 0.15) is 0 Å². The number of hydrogen-bond acceptors (Lipinski definition) is 3. The van der Waals surface area contributed by atoms with E-state index in [9.17, 15) is 0 Å². The predicted molar refractivity (Wildman–Crippen MR) is 81.6 cm³/mol. The van der Waals surface area contributed by atoms with Crippen LogP contribution in [0.25, 0.3) is 0 Å². The summed E-state index contributed by atoms with van der Waals surface area (Å²) in [5.41, 5.74) is 6.68. The second-order valence-corrected chi connectivity index (χ2v) is 6.57. The van der Waals surface area contributed by atoms with Crippen molar-refractivity contribution in [2.24, 2.45) is 5.84 Å². The Morgan fingerprint density at radius 1 is 1.33 bits per heavy atom. The van der Waals surface area contributed by atoms with E-state index < -0.39 is 0 Å². The minimum absolute atomic E-state index is 0.0596. The lowest BCUT2D eigenvalue weighted by atomic mass is 9.98. The van der Waals surface area contributed by atoms with Gasteiger partial charge in [0.25, 0.3) is 0 Å². The number of hydrogen-bond donors (Lipinski definition) is 2. The summed E-state index contributed by atoms with van der Waals surface area (Å²) in [5.74, 6) is 5.71. The molecule has 0 aliphatic carbocycles. The molecule has 0 radical (unpaired) electrons. The van der Waals surface area contributed by atoms with Crippen LogP contribution in [0.15, 0.2) is 39.5 Å². The SMILES string of the molecule is CCCc1cccc(C(NN)c2csc(Br)c2)c1. The van der Waals surface area contributed by atoms with Gasteiger partial charge in [0.05, 0.1) is 9.83 Å². The molecule has 0 aliphatic rings. The standard InChI is InChI=1S/C14H17BrN2S/c1-2-4-10-5-3-6-11(7-10)14(17-16)12-8-13(15)18-9-12/h3,5-9,14,17H,2,4,16H2,1H3. The van der Waals surface area contributed by atoms with E-state index in [1.54, 1.807) is 11.3 Å². The van der Waals surface area contributed by atoms with Crippen LogP contribution >= 0.6 is 27.3 Å². The minimum atomic E-state index is 0.0596. The van der Waals surface area contributed by atoms with Crippen LogP contribution in [0.1, 0.15) is 36.1 Å². The molecule has 1 heterocycles. The Morgan fingerprint density at radius 2 is 2.17 bits per heavy atom. The molecule has 0 saturated carbocycles. The summed E-state index contributed by atoms with van der Waals surface area (Å²) >= 11 is 5.17. The number of nitrogens with two attached hydrogens (primary N) is 1. The molecule has 0 fully saturated rings. The predicted octanol–water partition coefficient (Wildman–Crippen LogP) is 4.02. The highest BCUT2D eigenvalue weighted by Gasteiger charge is 2.14. The fraction of sp³-hybridized carbons (Fsp3) is 0.286. The molecular formula is C14H17BrN2S. The number of halogens is 1. The summed E-state index contributed by atoms with van der Waals surface area (Å²) in [7, 11) is 0. The van der Waals surface area contributed by atoms with E-state index in [0.717, 1.165) is 16.6 Å². The van der Waals surface area contributed by atoms with Gasteiger partial charge in [-0.2, -0.15) is 0 Å². The third kappa shape index (κ3) is 3.20. The molecule has 96 valence electrons. The third-order valence-electron chi connectivity index (χ3n) is 2.91. The van der Waals surface area contributed by atoms with Crippen molar-refractivity contribution < 1.29 is 0 Å². The van der Waals surface area contributed by atoms with E-state index in [1.165, 1.54) is 16.7 Å². The zero-order chi connectivity index (χ0) is 13.0. The molecule has 0 bridgehead atoms. The number of thiophene rings is 1. The topological polar surface area (TPSA) is 38.0 Å². The van der Waals surface area contributed by atoms with Gasteiger partial charge in [0.15, 0.2) is 0 Å². The zero-order valence-electron chi connectivity index (χ0n) is 10.3. The maximum atomic E-state index is 5.71. The van der Waals surface area contributed by atoms with Crippen molar-refractivity contribution in [3.63, 3.8) is 0 Å². The average molecular weight is 325 g/mol. The maximum Gasteiger partial charge on any atom is 0.0718 e. The highest BCUT2D eigenvalue weighted by molar-refractivity contribution is 9.11. The third-order valence-corrected chi connectivity index (χ3v) is 4.43. The van der Waals surface area contributed by atoms with Gasteiger partial charge in [-0.25, -0.2) is 5.43 Å². The monoisotopic (exact) mass is 324 g/mol. The summed E-state index contributed by atoms with van der Waals surface area (Å²) in [5, 5.41) is 2.13. The highest BCUT2D eigenvalue weighted by Crippen LogP contribution is 2.29. The molecular weight excluding hydrogens is 308 g/mol. The first-order valence-electron chi connectivity index (χ1n) is 6.03. The molecule has 3 N–H and O–H groups in total. The molecule has 1 aromatic heterocycles. The van der Waals surface area contributed by atoms with Crippen molar-refractivity contribution in [3.05, 3.63) is 56.2 Å². The molecule has 2 aromatic rings. The Labute approximate surface area is 120 Å². The van der Waals surface area contributed by atoms with Crippen molar-refractivity contribution in [1.29, 1.82) is 0 Å². The number of rotatable bonds is 5. The first-order chi connectivity index (χ1) is 8.74. The van der Waals surface area contributed by atoms with Crippen molar-refractivity contribution in [2.75, 3.05) is 0 Å². The summed E-state index contributed by atoms with van der Waals surface area (Å²) in [4.78, 5) is 0. The number of nitrogens with one attached hydrogen (secondary N) is 1. The lowest BCUT2D eigenvalue weighted by molar-refractivity contribution is 0.637. The van der Waals surface area contributed by atoms with Crippen LogP contribution in [0.4, 0.5) is 0 Å². The van der Waals surface area contributed by atoms with Gasteiger partial charge in [-0.1, -0.05) is 37.6 Å². The van der Waals surface area contributed by atoms with Gasteiger partial charge >= 0.3 is 0 Å². The van der Waals surface area contributed by atoms with Crippen molar-refractivity contribution in [3.8, 4) is 0 Å². The second kappa shape index (κ2) is 6.48. The fourth-order valence-electron chi connectivity index (χ4n) is 2.08. The molecule has 0 amide bonds. The molecule has 0 saturated heterocycles. The maximum absolute atomic E-state index is 5.71. The van der Waals surface area contributed by atoms with Gasteiger partial charge in [0, 0.05) is 0 Å². The zero-order valence-corrected chi connectivity index (χ0v) is 12.7. The Hall–Kier alpha value is -0.680. The smallest absolute Gasteiger partial charge is 0.0718 e. The van der Waals surface area contributed by atoms with Crippen LogP contribution in [-0.4, -0.2) is 0 Å². The van der Waals surface area contributed by atoms with Crippen LogP contribution in [0.2, 0.25) is 0 Å². The largest absolute Gasteiger partial charge is 0.271 e. The van der Waals surface area contributed by atoms with Crippen LogP contribution in [0.5, 0.6) is 0 Å². The molecule has 1 aromatic carbocycles. The molecule has 2 rings (SSSR count). The van der Waals surface area contributed by atoms with E-state index in [1.807, 2.05) is 0 Å². The van der Waals surface area contributed by atoms with Gasteiger partial charge in [0.2, 0.25) is 0 Å².